The molecule has 2 heterocycles. The zero-order chi connectivity index (χ0) is 16.6. The van der Waals surface area contributed by atoms with Gasteiger partial charge in [-0.1, -0.05) is 11.6 Å². The topological polar surface area (TPSA) is 75.7 Å². The lowest BCUT2D eigenvalue weighted by Gasteiger charge is -2.24. The second kappa shape index (κ2) is 6.39. The van der Waals surface area contributed by atoms with Crippen molar-refractivity contribution in [1.29, 1.82) is 0 Å². The van der Waals surface area contributed by atoms with E-state index in [-0.39, 0.29) is 21.5 Å². The molecular formula is C15H19ClN2O4S. The summed E-state index contributed by atoms with van der Waals surface area (Å²) >= 11 is 5.96. The zero-order valence-electron chi connectivity index (χ0n) is 12.8. The summed E-state index contributed by atoms with van der Waals surface area (Å²) in [5.74, 6) is -0.685. The van der Waals surface area contributed by atoms with Crippen molar-refractivity contribution in [2.24, 2.45) is 0 Å². The fraction of sp³-hybridized carbons (Fsp3) is 0.533. The van der Waals surface area contributed by atoms with E-state index in [1.54, 1.807) is 0 Å². The number of halogens is 1. The van der Waals surface area contributed by atoms with Crippen LogP contribution in [0, 0.1) is 0 Å². The van der Waals surface area contributed by atoms with Crippen LogP contribution in [-0.4, -0.2) is 51.0 Å². The monoisotopic (exact) mass is 358 g/mol. The Balaban J connectivity index is 1.99. The molecular weight excluding hydrogens is 340 g/mol. The molecule has 0 aromatic heterocycles. The molecule has 1 aromatic carbocycles. The van der Waals surface area contributed by atoms with Crippen molar-refractivity contribution in [3.63, 3.8) is 0 Å². The molecule has 6 nitrogen and oxygen atoms in total. The zero-order valence-corrected chi connectivity index (χ0v) is 14.4. The number of hydrogen-bond donors (Lipinski definition) is 1. The third-order valence-electron chi connectivity index (χ3n) is 4.45. The summed E-state index contributed by atoms with van der Waals surface area (Å²) < 4.78 is 32.2. The molecule has 0 spiro atoms. The summed E-state index contributed by atoms with van der Waals surface area (Å²) in [7, 11) is -2.58. The molecule has 2 aliphatic rings. The minimum absolute atomic E-state index is 0.0132. The first-order valence-electron chi connectivity index (χ1n) is 7.56. The predicted molar refractivity (Wildman–Crippen MR) is 86.1 cm³/mol. The van der Waals surface area contributed by atoms with Crippen molar-refractivity contribution < 1.29 is 17.9 Å². The number of carbonyl (C=O) groups is 1. The van der Waals surface area contributed by atoms with Crippen LogP contribution in [0.4, 0.5) is 0 Å². The van der Waals surface area contributed by atoms with E-state index in [4.69, 9.17) is 16.3 Å². The van der Waals surface area contributed by atoms with E-state index < -0.39 is 16.0 Å². The summed E-state index contributed by atoms with van der Waals surface area (Å²) in [4.78, 5) is 11.8. The minimum atomic E-state index is -3.81. The number of carbonyl (C=O) groups excluding carboxylic acids is 1. The van der Waals surface area contributed by atoms with Gasteiger partial charge in [0.2, 0.25) is 10.0 Å². The van der Waals surface area contributed by atoms with E-state index in [2.05, 4.69) is 5.32 Å². The number of benzene rings is 1. The lowest BCUT2D eigenvalue weighted by Crippen LogP contribution is -2.39. The molecule has 1 aromatic rings. The highest BCUT2D eigenvalue weighted by Crippen LogP contribution is 2.28. The maximum Gasteiger partial charge on any atom is 0.339 e. The molecule has 0 aliphatic carbocycles. The van der Waals surface area contributed by atoms with Crippen molar-refractivity contribution in [2.75, 3.05) is 20.2 Å². The summed E-state index contributed by atoms with van der Waals surface area (Å²) in [6.07, 6.45) is 2.82. The van der Waals surface area contributed by atoms with Crippen molar-refractivity contribution in [3.05, 3.63) is 28.8 Å². The van der Waals surface area contributed by atoms with Gasteiger partial charge in [-0.15, -0.1) is 0 Å². The van der Waals surface area contributed by atoms with Crippen LogP contribution in [0.3, 0.4) is 0 Å². The number of sulfonamides is 1. The summed E-state index contributed by atoms with van der Waals surface area (Å²) in [6.45, 7) is 0.843. The van der Waals surface area contributed by atoms with Gasteiger partial charge < -0.3 is 10.1 Å². The number of rotatable bonds is 3. The highest BCUT2D eigenvalue weighted by Gasteiger charge is 2.36. The number of methoxy groups -OCH3 is 1. The molecule has 2 atom stereocenters. The van der Waals surface area contributed by atoms with Crippen molar-refractivity contribution in [1.82, 2.24) is 9.62 Å². The third kappa shape index (κ3) is 3.24. The van der Waals surface area contributed by atoms with Crippen LogP contribution in [0.1, 0.15) is 29.6 Å². The van der Waals surface area contributed by atoms with Gasteiger partial charge in [0.05, 0.1) is 17.6 Å². The molecule has 23 heavy (non-hydrogen) atoms. The molecule has 2 unspecified atom stereocenters. The molecule has 2 saturated heterocycles. The fourth-order valence-electron chi connectivity index (χ4n) is 3.26. The van der Waals surface area contributed by atoms with E-state index in [0.29, 0.717) is 19.1 Å². The molecule has 2 aliphatic heterocycles. The molecule has 2 fully saturated rings. The van der Waals surface area contributed by atoms with E-state index >= 15 is 0 Å². The van der Waals surface area contributed by atoms with E-state index in [9.17, 15) is 13.2 Å². The number of nitrogens with one attached hydrogen (secondary N) is 1. The van der Waals surface area contributed by atoms with Crippen LogP contribution in [0.2, 0.25) is 5.02 Å². The largest absolute Gasteiger partial charge is 0.465 e. The van der Waals surface area contributed by atoms with Gasteiger partial charge in [0.15, 0.2) is 0 Å². The SMILES string of the molecule is COC(=O)c1ccc(Cl)cc1S(=O)(=O)N1CCC2CCC(C1)N2. The first kappa shape index (κ1) is 16.7. The molecule has 3 rings (SSSR count). The van der Waals surface area contributed by atoms with Crippen LogP contribution in [0.15, 0.2) is 23.1 Å². The Morgan fingerprint density at radius 2 is 2.04 bits per heavy atom. The third-order valence-corrected chi connectivity index (χ3v) is 6.59. The van der Waals surface area contributed by atoms with Crippen molar-refractivity contribution in [3.8, 4) is 0 Å². The number of esters is 1. The first-order valence-corrected chi connectivity index (χ1v) is 9.37. The van der Waals surface area contributed by atoms with E-state index in [0.717, 1.165) is 19.3 Å². The van der Waals surface area contributed by atoms with Crippen LogP contribution in [0.25, 0.3) is 0 Å². The van der Waals surface area contributed by atoms with Gasteiger partial charge in [-0.3, -0.25) is 0 Å². The lowest BCUT2D eigenvalue weighted by atomic mass is 10.1. The number of ether oxygens (including phenoxy) is 1. The Hall–Kier alpha value is -1.15. The summed E-state index contributed by atoms with van der Waals surface area (Å²) in [5.41, 5.74) is 0.0132. The lowest BCUT2D eigenvalue weighted by molar-refractivity contribution is 0.0596. The Labute approximate surface area is 140 Å². The number of fused-ring (bicyclic) bond motifs is 2. The predicted octanol–water partition coefficient (Wildman–Crippen LogP) is 1.64. The summed E-state index contributed by atoms with van der Waals surface area (Å²) in [5, 5.41) is 3.71. The number of nitrogens with zero attached hydrogens (tertiary/aromatic N) is 1. The maximum atomic E-state index is 13.0. The molecule has 126 valence electrons. The van der Waals surface area contributed by atoms with Gasteiger partial charge in [0.1, 0.15) is 0 Å². The minimum Gasteiger partial charge on any atom is -0.465 e. The van der Waals surface area contributed by atoms with Gasteiger partial charge in [-0.25, -0.2) is 13.2 Å². The quantitative estimate of drug-likeness (QED) is 0.831. The Kier molecular flexibility index (Phi) is 4.64. The van der Waals surface area contributed by atoms with Crippen LogP contribution < -0.4 is 5.32 Å². The Bertz CT molecular complexity index is 722. The number of hydrogen-bond acceptors (Lipinski definition) is 5. The highest BCUT2D eigenvalue weighted by atomic mass is 35.5. The second-order valence-electron chi connectivity index (χ2n) is 5.92. The van der Waals surface area contributed by atoms with Crippen LogP contribution in [-0.2, 0) is 14.8 Å². The Morgan fingerprint density at radius 3 is 2.78 bits per heavy atom. The van der Waals surface area contributed by atoms with Crippen molar-refractivity contribution >= 4 is 27.6 Å². The normalized spacial score (nSPS) is 25.1. The van der Waals surface area contributed by atoms with Crippen LogP contribution in [0.5, 0.6) is 0 Å². The van der Waals surface area contributed by atoms with Gasteiger partial charge in [-0.05, 0) is 37.5 Å². The van der Waals surface area contributed by atoms with Gasteiger partial charge in [0, 0.05) is 30.2 Å². The first-order chi connectivity index (χ1) is 10.9. The molecule has 0 radical (unpaired) electrons. The molecule has 2 bridgehead atoms. The van der Waals surface area contributed by atoms with E-state index in [1.807, 2.05) is 0 Å². The standard InChI is InChI=1S/C15H19ClN2O4S/c1-22-15(19)13-5-2-10(16)8-14(13)23(20,21)18-7-6-11-3-4-12(9-18)17-11/h2,5,8,11-12,17H,3-4,6-7,9H2,1H3. The van der Waals surface area contributed by atoms with Crippen LogP contribution >= 0.6 is 11.6 Å². The molecule has 0 saturated carbocycles. The van der Waals surface area contributed by atoms with Gasteiger partial charge in [-0.2, -0.15) is 4.31 Å². The second-order valence-corrected chi connectivity index (χ2v) is 8.26. The molecule has 8 heteroatoms. The smallest absolute Gasteiger partial charge is 0.339 e. The van der Waals surface area contributed by atoms with Gasteiger partial charge >= 0.3 is 5.97 Å². The van der Waals surface area contributed by atoms with Gasteiger partial charge in [0.25, 0.3) is 0 Å². The fourth-order valence-corrected chi connectivity index (χ4v) is 5.20. The average Bonchev–Trinajstić information content (AvgIpc) is 2.85. The Morgan fingerprint density at radius 1 is 1.30 bits per heavy atom. The van der Waals surface area contributed by atoms with Crippen molar-refractivity contribution in [2.45, 2.75) is 36.2 Å². The van der Waals surface area contributed by atoms with E-state index in [1.165, 1.54) is 29.6 Å². The maximum absolute atomic E-state index is 13.0. The highest BCUT2D eigenvalue weighted by molar-refractivity contribution is 7.89. The summed E-state index contributed by atoms with van der Waals surface area (Å²) in [6, 6.07) is 4.74. The molecule has 0 amide bonds. The molecule has 1 N–H and O–H groups in total. The average molecular weight is 359 g/mol.